The third kappa shape index (κ3) is 2.30. The van der Waals surface area contributed by atoms with Crippen LogP contribution in [-0.2, 0) is 6.61 Å². The van der Waals surface area contributed by atoms with Gasteiger partial charge in [-0.1, -0.05) is 18.9 Å². The van der Waals surface area contributed by atoms with E-state index in [1.165, 1.54) is 12.1 Å². The Bertz CT molecular complexity index is 1350. The first kappa shape index (κ1) is 17.0. The van der Waals surface area contributed by atoms with Crippen molar-refractivity contribution in [1.29, 1.82) is 5.26 Å². The van der Waals surface area contributed by atoms with Crippen LogP contribution in [0.25, 0.3) is 32.8 Å². The molecule has 5 rings (SSSR count). The van der Waals surface area contributed by atoms with Gasteiger partial charge in [-0.25, -0.2) is 4.39 Å². The number of aliphatic hydroxyl groups is 1. The van der Waals surface area contributed by atoms with Crippen molar-refractivity contribution in [2.24, 2.45) is 0 Å². The minimum Gasteiger partial charge on any atom is -0.392 e. The fourth-order valence-electron chi connectivity index (χ4n) is 4.57. The van der Waals surface area contributed by atoms with Crippen molar-refractivity contribution >= 4 is 32.8 Å². The molecule has 2 aromatic heterocycles. The number of aromatic amines is 1. The fraction of sp³-hybridized carbons (Fsp3) is 0.273. The highest BCUT2D eigenvalue weighted by atomic mass is 19.1. The molecule has 140 valence electrons. The highest BCUT2D eigenvalue weighted by molar-refractivity contribution is 6.10. The summed E-state index contributed by atoms with van der Waals surface area (Å²) in [5, 5.41) is 20.4. The van der Waals surface area contributed by atoms with Crippen LogP contribution < -0.4 is 5.43 Å². The highest BCUT2D eigenvalue weighted by Crippen LogP contribution is 2.36. The highest BCUT2D eigenvalue weighted by Gasteiger charge is 2.24. The number of fused-ring (bicyclic) bond motifs is 4. The Morgan fingerprint density at radius 2 is 2.00 bits per heavy atom. The van der Waals surface area contributed by atoms with E-state index >= 15 is 0 Å². The Labute approximate surface area is 159 Å². The molecule has 4 aromatic rings. The van der Waals surface area contributed by atoms with Gasteiger partial charge in [-0.2, -0.15) is 5.26 Å². The van der Waals surface area contributed by atoms with Crippen LogP contribution in [0, 0.1) is 17.1 Å². The summed E-state index contributed by atoms with van der Waals surface area (Å²) in [7, 11) is 0. The molecule has 2 N–H and O–H groups in total. The summed E-state index contributed by atoms with van der Waals surface area (Å²) in [4.78, 5) is 16.7. The molecule has 0 saturated heterocycles. The summed E-state index contributed by atoms with van der Waals surface area (Å²) >= 11 is 0. The number of rotatable bonds is 2. The van der Waals surface area contributed by atoms with Crippen LogP contribution >= 0.6 is 0 Å². The number of nitriles is 1. The molecule has 28 heavy (non-hydrogen) atoms. The van der Waals surface area contributed by atoms with Gasteiger partial charge in [0.25, 0.3) is 0 Å². The Morgan fingerprint density at radius 3 is 2.71 bits per heavy atom. The van der Waals surface area contributed by atoms with E-state index < -0.39 is 12.4 Å². The molecule has 1 aliphatic rings. The molecule has 0 radical (unpaired) electrons. The van der Waals surface area contributed by atoms with E-state index in [1.54, 1.807) is 18.2 Å². The number of nitrogens with one attached hydrogen (secondary N) is 1. The predicted octanol–water partition coefficient (Wildman–Crippen LogP) is 4.25. The summed E-state index contributed by atoms with van der Waals surface area (Å²) in [6.07, 6.45) is 4.12. The van der Waals surface area contributed by atoms with Crippen molar-refractivity contribution < 1.29 is 9.50 Å². The van der Waals surface area contributed by atoms with E-state index in [1.807, 2.05) is 0 Å². The van der Waals surface area contributed by atoms with E-state index in [0.29, 0.717) is 27.5 Å². The van der Waals surface area contributed by atoms with Crippen LogP contribution in [0.15, 0.2) is 35.1 Å². The van der Waals surface area contributed by atoms with Crippen LogP contribution in [-0.4, -0.2) is 14.7 Å². The summed E-state index contributed by atoms with van der Waals surface area (Å²) < 4.78 is 16.6. The molecule has 1 aliphatic carbocycles. The standard InChI is InChI=1S/C22H18FN3O2/c23-17-9-19-16(8-13(17)11-27)21(28)20-15-6-5-12(10-24)7-18(15)25-22(20)26(19)14-3-1-2-4-14/h5-9,14,25,27H,1-4,11H2. The third-order valence-electron chi connectivity index (χ3n) is 5.90. The first-order valence-corrected chi connectivity index (χ1v) is 9.45. The molecular weight excluding hydrogens is 357 g/mol. The molecule has 1 fully saturated rings. The SMILES string of the molecule is N#Cc1ccc2c(c1)[nH]c1c2c(=O)c2cc(CO)c(F)cc2n1C1CCCC1. The summed E-state index contributed by atoms with van der Waals surface area (Å²) in [6.45, 7) is -0.456. The zero-order valence-corrected chi connectivity index (χ0v) is 15.1. The van der Waals surface area contributed by atoms with Gasteiger partial charge in [0.15, 0.2) is 5.43 Å². The second kappa shape index (κ2) is 6.18. The van der Waals surface area contributed by atoms with E-state index in [-0.39, 0.29) is 17.0 Å². The van der Waals surface area contributed by atoms with Gasteiger partial charge >= 0.3 is 0 Å². The van der Waals surface area contributed by atoms with E-state index in [4.69, 9.17) is 0 Å². The molecule has 1 saturated carbocycles. The predicted molar refractivity (Wildman–Crippen MR) is 106 cm³/mol. The number of halogens is 1. The smallest absolute Gasteiger partial charge is 0.199 e. The Hall–Kier alpha value is -3.17. The van der Waals surface area contributed by atoms with E-state index in [9.17, 15) is 19.6 Å². The normalized spacial score (nSPS) is 15.0. The minimum absolute atomic E-state index is 0.119. The van der Waals surface area contributed by atoms with Crippen LogP contribution in [0.5, 0.6) is 0 Å². The largest absolute Gasteiger partial charge is 0.392 e. The Kier molecular flexibility index (Phi) is 3.74. The van der Waals surface area contributed by atoms with Gasteiger partial charge in [-0.3, -0.25) is 4.79 Å². The molecule has 0 atom stereocenters. The zero-order valence-electron chi connectivity index (χ0n) is 15.1. The van der Waals surface area contributed by atoms with Gasteiger partial charge in [-0.05, 0) is 37.1 Å². The number of hydrogen-bond acceptors (Lipinski definition) is 3. The number of benzene rings is 2. The Morgan fingerprint density at radius 1 is 1.21 bits per heavy atom. The second-order valence-electron chi connectivity index (χ2n) is 7.48. The van der Waals surface area contributed by atoms with Crippen LogP contribution in [0.4, 0.5) is 4.39 Å². The lowest BCUT2D eigenvalue weighted by molar-refractivity contribution is 0.276. The fourth-order valence-corrected chi connectivity index (χ4v) is 4.57. The van der Waals surface area contributed by atoms with Crippen LogP contribution in [0.2, 0.25) is 0 Å². The molecule has 2 heterocycles. The number of hydrogen-bond donors (Lipinski definition) is 2. The van der Waals surface area contributed by atoms with Crippen LogP contribution in [0.3, 0.4) is 0 Å². The lowest BCUT2D eigenvalue weighted by Gasteiger charge is -2.20. The second-order valence-corrected chi connectivity index (χ2v) is 7.48. The van der Waals surface area contributed by atoms with Gasteiger partial charge in [0.05, 0.1) is 29.1 Å². The lowest BCUT2D eigenvalue weighted by atomic mass is 10.0. The van der Waals surface area contributed by atoms with Crippen molar-refractivity contribution in [3.63, 3.8) is 0 Å². The quantitative estimate of drug-likeness (QED) is 0.549. The monoisotopic (exact) mass is 375 g/mol. The number of aromatic nitrogens is 2. The molecule has 0 unspecified atom stereocenters. The molecule has 0 spiro atoms. The summed E-state index contributed by atoms with van der Waals surface area (Å²) in [5.74, 6) is -0.511. The zero-order chi connectivity index (χ0) is 19.4. The number of nitrogens with zero attached hydrogens (tertiary/aromatic N) is 2. The van der Waals surface area contributed by atoms with Crippen molar-refractivity contribution in [3.8, 4) is 6.07 Å². The maximum absolute atomic E-state index is 14.5. The topological polar surface area (TPSA) is 81.8 Å². The molecular formula is C22H18FN3O2. The molecule has 0 bridgehead atoms. The van der Waals surface area contributed by atoms with E-state index in [2.05, 4.69) is 15.6 Å². The maximum Gasteiger partial charge on any atom is 0.199 e. The van der Waals surface area contributed by atoms with Crippen molar-refractivity contribution in [2.45, 2.75) is 38.3 Å². The van der Waals surface area contributed by atoms with Gasteiger partial charge in [-0.15, -0.1) is 0 Å². The molecule has 5 nitrogen and oxygen atoms in total. The van der Waals surface area contributed by atoms with Gasteiger partial charge in [0, 0.05) is 27.9 Å². The molecule has 0 amide bonds. The first-order valence-electron chi connectivity index (χ1n) is 9.45. The van der Waals surface area contributed by atoms with Crippen molar-refractivity contribution in [1.82, 2.24) is 9.55 Å². The third-order valence-corrected chi connectivity index (χ3v) is 5.90. The summed E-state index contributed by atoms with van der Waals surface area (Å²) in [5.41, 5.74) is 2.38. The number of aliphatic hydroxyl groups excluding tert-OH is 1. The Balaban J connectivity index is 2.01. The average molecular weight is 375 g/mol. The van der Waals surface area contributed by atoms with Gasteiger partial charge in [0.1, 0.15) is 11.5 Å². The molecule has 0 aliphatic heterocycles. The molecule has 2 aromatic carbocycles. The first-order chi connectivity index (χ1) is 13.6. The minimum atomic E-state index is -0.511. The average Bonchev–Trinajstić information content (AvgIpc) is 3.35. The van der Waals surface area contributed by atoms with Crippen LogP contribution in [0.1, 0.15) is 42.9 Å². The lowest BCUT2D eigenvalue weighted by Crippen LogP contribution is -2.15. The van der Waals surface area contributed by atoms with Crippen molar-refractivity contribution in [2.75, 3.05) is 0 Å². The summed E-state index contributed by atoms with van der Waals surface area (Å²) in [6, 6.07) is 10.4. The van der Waals surface area contributed by atoms with Gasteiger partial charge in [0.2, 0.25) is 0 Å². The number of pyridine rings is 1. The maximum atomic E-state index is 14.5. The van der Waals surface area contributed by atoms with Gasteiger partial charge < -0.3 is 14.7 Å². The number of H-pyrrole nitrogens is 1. The molecule has 6 heteroatoms. The van der Waals surface area contributed by atoms with E-state index in [0.717, 1.165) is 36.6 Å². The van der Waals surface area contributed by atoms with Crippen molar-refractivity contribution in [3.05, 3.63) is 57.5 Å².